The van der Waals surface area contributed by atoms with Crippen molar-refractivity contribution in [3.8, 4) is 5.82 Å². The summed E-state index contributed by atoms with van der Waals surface area (Å²) < 4.78 is 1.91. The molecule has 0 aromatic carbocycles. The zero-order valence-electron chi connectivity index (χ0n) is 17.4. The third-order valence-electron chi connectivity index (χ3n) is 5.81. The molecule has 9 heteroatoms. The van der Waals surface area contributed by atoms with E-state index in [0.717, 1.165) is 81.8 Å². The van der Waals surface area contributed by atoms with E-state index in [1.54, 1.807) is 18.0 Å². The number of piperazine rings is 1. The van der Waals surface area contributed by atoms with Crippen molar-refractivity contribution in [3.05, 3.63) is 36.7 Å². The van der Waals surface area contributed by atoms with E-state index < -0.39 is 0 Å². The molecule has 162 valence electrons. The fourth-order valence-electron chi connectivity index (χ4n) is 4.04. The molecule has 1 atom stereocenters. The molecule has 2 aliphatic rings. The van der Waals surface area contributed by atoms with Crippen LogP contribution in [0.25, 0.3) is 5.82 Å². The highest BCUT2D eigenvalue weighted by atomic mass is 32.2. The van der Waals surface area contributed by atoms with E-state index in [4.69, 9.17) is 5.73 Å². The van der Waals surface area contributed by atoms with Gasteiger partial charge in [-0.1, -0.05) is 12.5 Å². The molecule has 2 aromatic heterocycles. The van der Waals surface area contributed by atoms with Crippen molar-refractivity contribution >= 4 is 23.5 Å². The summed E-state index contributed by atoms with van der Waals surface area (Å²) in [4.78, 5) is 23.5. The first-order valence-electron chi connectivity index (χ1n) is 10.8. The topological polar surface area (TPSA) is 83.5 Å². The molecule has 2 fully saturated rings. The third kappa shape index (κ3) is 5.14. The molecule has 4 rings (SSSR count). The number of rotatable bonds is 8. The van der Waals surface area contributed by atoms with Gasteiger partial charge in [-0.25, -0.2) is 4.98 Å². The number of hydrogen-bond donors (Lipinski definition) is 1. The predicted octanol–water partition coefficient (Wildman–Crippen LogP) is 1.42. The van der Waals surface area contributed by atoms with Crippen LogP contribution in [-0.2, 0) is 4.79 Å². The summed E-state index contributed by atoms with van der Waals surface area (Å²) in [6, 6.07) is 7.59. The van der Waals surface area contributed by atoms with E-state index in [1.807, 2.05) is 34.0 Å². The molecule has 0 spiro atoms. The maximum atomic E-state index is 12.3. The minimum absolute atomic E-state index is 0.123. The predicted molar refractivity (Wildman–Crippen MR) is 121 cm³/mol. The van der Waals surface area contributed by atoms with Gasteiger partial charge in [-0.05, 0) is 31.5 Å². The van der Waals surface area contributed by atoms with Crippen molar-refractivity contribution < 1.29 is 4.79 Å². The normalized spacial score (nSPS) is 18.7. The fraction of sp³-hybridized carbons (Fsp3) is 0.571. The van der Waals surface area contributed by atoms with Crippen LogP contribution >= 0.6 is 11.8 Å². The number of pyridine rings is 1. The summed E-state index contributed by atoms with van der Waals surface area (Å²) in [5.74, 6) is 3.90. The van der Waals surface area contributed by atoms with Crippen LogP contribution in [0, 0.1) is 0 Å². The molecule has 2 aromatic rings. The Bertz CT molecular complexity index is 801. The zero-order valence-corrected chi connectivity index (χ0v) is 18.2. The largest absolute Gasteiger partial charge is 0.354 e. The lowest BCUT2D eigenvalue weighted by Gasteiger charge is -2.36. The van der Waals surface area contributed by atoms with Crippen LogP contribution < -0.4 is 10.6 Å². The summed E-state index contributed by atoms with van der Waals surface area (Å²) in [6.45, 7) is 5.92. The molecule has 0 radical (unpaired) electrons. The van der Waals surface area contributed by atoms with Gasteiger partial charge >= 0.3 is 0 Å². The molecule has 2 N–H and O–H groups in total. The fourth-order valence-corrected chi connectivity index (χ4v) is 4.99. The lowest BCUT2D eigenvalue weighted by Crippen LogP contribution is -2.47. The second-order valence-electron chi connectivity index (χ2n) is 7.86. The van der Waals surface area contributed by atoms with Gasteiger partial charge < -0.3 is 15.5 Å². The van der Waals surface area contributed by atoms with Gasteiger partial charge in [0, 0.05) is 50.7 Å². The average Bonchev–Trinajstić information content (AvgIpc) is 3.49. The zero-order chi connectivity index (χ0) is 20.8. The minimum atomic E-state index is -0.340. The molecule has 8 nitrogen and oxygen atoms in total. The minimum Gasteiger partial charge on any atom is -0.354 e. The second kappa shape index (κ2) is 10.3. The van der Waals surface area contributed by atoms with E-state index in [2.05, 4.69) is 25.9 Å². The molecule has 4 heterocycles. The van der Waals surface area contributed by atoms with E-state index in [1.165, 1.54) is 0 Å². The van der Waals surface area contributed by atoms with Gasteiger partial charge in [-0.3, -0.25) is 9.69 Å². The number of nitrogens with two attached hydrogens (primary N) is 1. The number of amides is 1. The standard InChI is InChI=1S/C21H31N7OS/c22-18(21(29)27-15-16-30-17-27)5-2-4-10-25-11-13-26(14-12-25)20-7-9-24-28(20)19-6-1-3-8-23-19/h1,3,6-9,18H,2,4-5,10-17,22H2. The van der Waals surface area contributed by atoms with Crippen LogP contribution in [0.5, 0.6) is 0 Å². The van der Waals surface area contributed by atoms with Crippen molar-refractivity contribution in [3.63, 3.8) is 0 Å². The van der Waals surface area contributed by atoms with Crippen LogP contribution in [0.4, 0.5) is 5.82 Å². The van der Waals surface area contributed by atoms with E-state index in [-0.39, 0.29) is 11.9 Å². The molecule has 2 saturated heterocycles. The summed E-state index contributed by atoms with van der Waals surface area (Å²) in [5.41, 5.74) is 6.12. The summed E-state index contributed by atoms with van der Waals surface area (Å²) in [6.07, 6.45) is 6.50. The number of nitrogens with zero attached hydrogens (tertiary/aromatic N) is 6. The van der Waals surface area contributed by atoms with Gasteiger partial charge in [0.05, 0.1) is 18.1 Å². The summed E-state index contributed by atoms with van der Waals surface area (Å²) in [5, 5.41) is 4.46. The summed E-state index contributed by atoms with van der Waals surface area (Å²) in [7, 11) is 0. The van der Waals surface area contributed by atoms with Gasteiger partial charge in [0.2, 0.25) is 5.91 Å². The summed E-state index contributed by atoms with van der Waals surface area (Å²) >= 11 is 1.80. The van der Waals surface area contributed by atoms with Crippen molar-refractivity contribution in [1.82, 2.24) is 24.6 Å². The third-order valence-corrected chi connectivity index (χ3v) is 6.77. The first-order chi connectivity index (χ1) is 14.7. The number of thioether (sulfide) groups is 1. The van der Waals surface area contributed by atoms with Crippen LogP contribution in [-0.4, -0.2) is 87.4 Å². The van der Waals surface area contributed by atoms with Crippen molar-refractivity contribution in [2.75, 3.05) is 55.8 Å². The molecule has 30 heavy (non-hydrogen) atoms. The lowest BCUT2D eigenvalue weighted by molar-refractivity contribution is -0.131. The van der Waals surface area contributed by atoms with Crippen molar-refractivity contribution in [2.45, 2.75) is 25.3 Å². The second-order valence-corrected chi connectivity index (χ2v) is 8.93. The van der Waals surface area contributed by atoms with Crippen LogP contribution in [0.2, 0.25) is 0 Å². The van der Waals surface area contributed by atoms with Crippen LogP contribution in [0.1, 0.15) is 19.3 Å². The first kappa shape index (κ1) is 21.1. The highest BCUT2D eigenvalue weighted by molar-refractivity contribution is 7.99. The van der Waals surface area contributed by atoms with Crippen LogP contribution in [0.15, 0.2) is 36.7 Å². The van der Waals surface area contributed by atoms with Gasteiger partial charge in [-0.15, -0.1) is 11.8 Å². The van der Waals surface area contributed by atoms with Crippen molar-refractivity contribution in [1.29, 1.82) is 0 Å². The average molecular weight is 430 g/mol. The van der Waals surface area contributed by atoms with Gasteiger partial charge in [-0.2, -0.15) is 9.78 Å². The molecule has 0 bridgehead atoms. The van der Waals surface area contributed by atoms with Gasteiger partial charge in [0.15, 0.2) is 5.82 Å². The number of aromatic nitrogens is 3. The number of hydrogen-bond acceptors (Lipinski definition) is 7. The molecule has 0 saturated carbocycles. The smallest absolute Gasteiger partial charge is 0.240 e. The molecule has 1 unspecified atom stereocenters. The number of unbranched alkanes of at least 4 members (excludes halogenated alkanes) is 1. The number of anilines is 1. The molecule has 1 amide bonds. The highest BCUT2D eigenvalue weighted by Gasteiger charge is 2.24. The van der Waals surface area contributed by atoms with E-state index in [9.17, 15) is 4.79 Å². The monoisotopic (exact) mass is 429 g/mol. The van der Waals surface area contributed by atoms with Crippen LogP contribution in [0.3, 0.4) is 0 Å². The van der Waals surface area contributed by atoms with E-state index in [0.29, 0.717) is 0 Å². The first-order valence-corrected chi connectivity index (χ1v) is 11.9. The molecular formula is C21H31N7OS. The quantitative estimate of drug-likeness (QED) is 0.636. The Morgan fingerprint density at radius 1 is 1.10 bits per heavy atom. The van der Waals surface area contributed by atoms with E-state index >= 15 is 0 Å². The maximum absolute atomic E-state index is 12.3. The molecule has 2 aliphatic heterocycles. The Kier molecular flexibility index (Phi) is 7.24. The molecular weight excluding hydrogens is 398 g/mol. The van der Waals surface area contributed by atoms with Crippen molar-refractivity contribution in [2.24, 2.45) is 5.73 Å². The SMILES string of the molecule is NC(CCCCN1CCN(c2ccnn2-c2ccccn2)CC1)C(=O)N1CCSC1. The maximum Gasteiger partial charge on any atom is 0.240 e. The lowest BCUT2D eigenvalue weighted by atomic mass is 10.1. The Balaban J connectivity index is 1.18. The van der Waals surface area contributed by atoms with Gasteiger partial charge in [0.1, 0.15) is 5.82 Å². The van der Waals surface area contributed by atoms with Gasteiger partial charge in [0.25, 0.3) is 0 Å². The Morgan fingerprint density at radius 3 is 2.70 bits per heavy atom. The Hall–Kier alpha value is -2.10. The highest BCUT2D eigenvalue weighted by Crippen LogP contribution is 2.20. The number of carbonyl (C=O) groups excluding carboxylic acids is 1. The molecule has 0 aliphatic carbocycles. The number of carbonyl (C=O) groups is 1. The Labute approximate surface area is 182 Å². The Morgan fingerprint density at radius 2 is 1.97 bits per heavy atom.